The average molecular weight is 310 g/mol. The van der Waals surface area contributed by atoms with Crippen LogP contribution in [-0.4, -0.2) is 27.0 Å². The highest BCUT2D eigenvalue weighted by atomic mass is 35.5. The third kappa shape index (κ3) is 4.19. The number of carboxylic acid groups (broad SMARTS) is 1. The Morgan fingerprint density at radius 3 is 2.90 bits per heavy atom. The second kappa shape index (κ2) is 6.91. The van der Waals surface area contributed by atoms with Crippen LogP contribution < -0.4 is 5.32 Å². The average Bonchev–Trinajstić information content (AvgIpc) is 2.79. The van der Waals surface area contributed by atoms with Gasteiger partial charge in [0.15, 0.2) is 0 Å². The molecule has 2 rings (SSSR count). The summed E-state index contributed by atoms with van der Waals surface area (Å²) in [5.74, 6) is -0.757. The van der Waals surface area contributed by atoms with Gasteiger partial charge in [-0.3, -0.25) is 4.79 Å². The number of rotatable bonds is 7. The molecule has 2 aromatic heterocycles. The number of aromatic nitrogens is 2. The summed E-state index contributed by atoms with van der Waals surface area (Å²) >= 11 is 5.98. The van der Waals surface area contributed by atoms with Gasteiger partial charge in [0.2, 0.25) is 0 Å². The molecule has 6 heteroatoms. The summed E-state index contributed by atoms with van der Waals surface area (Å²) in [5.41, 5.74) is 1.79. The highest BCUT2D eigenvalue weighted by molar-refractivity contribution is 6.30. The second-order valence-electron chi connectivity index (χ2n) is 5.62. The summed E-state index contributed by atoms with van der Waals surface area (Å²) in [5, 5.41) is 13.1. The van der Waals surface area contributed by atoms with E-state index in [4.69, 9.17) is 11.6 Å². The molecule has 1 unspecified atom stereocenters. The molecule has 5 nitrogen and oxygen atoms in total. The number of aliphatic carboxylic acids is 1. The molecule has 2 heterocycles. The molecule has 0 fully saturated rings. The maximum atomic E-state index is 11.2. The Bertz CT molecular complexity index is 624. The first-order chi connectivity index (χ1) is 9.97. The highest BCUT2D eigenvalue weighted by Crippen LogP contribution is 2.14. The molecule has 0 saturated carbocycles. The monoisotopic (exact) mass is 309 g/mol. The van der Waals surface area contributed by atoms with Crippen LogP contribution in [0.3, 0.4) is 0 Å². The number of hydrogen-bond acceptors (Lipinski definition) is 3. The van der Waals surface area contributed by atoms with Crippen molar-refractivity contribution in [3.8, 4) is 0 Å². The lowest BCUT2D eigenvalue weighted by molar-refractivity contribution is -0.142. The van der Waals surface area contributed by atoms with E-state index in [1.54, 1.807) is 12.3 Å². The smallest absolute Gasteiger partial charge is 0.307 e. The summed E-state index contributed by atoms with van der Waals surface area (Å²) in [6.07, 6.45) is 4.25. The molecule has 0 aromatic carbocycles. The summed E-state index contributed by atoms with van der Waals surface area (Å²) in [6.45, 7) is 5.07. The van der Waals surface area contributed by atoms with Crippen LogP contribution in [0.2, 0.25) is 5.02 Å². The van der Waals surface area contributed by atoms with E-state index in [1.165, 1.54) is 0 Å². The molecule has 2 aromatic rings. The number of nitrogens with one attached hydrogen (secondary N) is 1. The van der Waals surface area contributed by atoms with Gasteiger partial charge in [-0.05, 0) is 24.5 Å². The fourth-order valence-electron chi connectivity index (χ4n) is 2.35. The van der Waals surface area contributed by atoms with Gasteiger partial charge >= 0.3 is 5.97 Å². The van der Waals surface area contributed by atoms with Crippen molar-refractivity contribution in [1.82, 2.24) is 14.7 Å². The van der Waals surface area contributed by atoms with E-state index in [9.17, 15) is 9.90 Å². The van der Waals surface area contributed by atoms with Crippen molar-refractivity contribution in [2.24, 2.45) is 11.8 Å². The molecule has 0 aliphatic rings. The molecule has 0 aliphatic carbocycles. The molecular weight excluding hydrogens is 290 g/mol. The topological polar surface area (TPSA) is 66.6 Å². The van der Waals surface area contributed by atoms with Crippen LogP contribution in [0.15, 0.2) is 24.5 Å². The van der Waals surface area contributed by atoms with E-state index in [1.807, 2.05) is 30.5 Å². The molecular formula is C15H20ClN3O2. The zero-order chi connectivity index (χ0) is 15.4. The molecule has 0 saturated heterocycles. The minimum absolute atomic E-state index is 0.363. The van der Waals surface area contributed by atoms with Crippen molar-refractivity contribution in [1.29, 1.82) is 0 Å². The molecule has 0 radical (unpaired) electrons. The van der Waals surface area contributed by atoms with E-state index in [0.717, 1.165) is 11.3 Å². The third-order valence-electron chi connectivity index (χ3n) is 3.35. The van der Waals surface area contributed by atoms with E-state index in [2.05, 4.69) is 10.3 Å². The van der Waals surface area contributed by atoms with Crippen LogP contribution in [-0.2, 0) is 11.3 Å². The normalized spacial score (nSPS) is 13.0. The van der Waals surface area contributed by atoms with Gasteiger partial charge in [0, 0.05) is 19.3 Å². The van der Waals surface area contributed by atoms with Crippen LogP contribution in [0.1, 0.15) is 26.0 Å². The number of carbonyl (C=O) groups is 1. The van der Waals surface area contributed by atoms with E-state index in [0.29, 0.717) is 30.5 Å². The van der Waals surface area contributed by atoms with Gasteiger partial charge in [0.25, 0.3) is 0 Å². The fourth-order valence-corrected chi connectivity index (χ4v) is 2.51. The Hall–Kier alpha value is -1.59. The maximum absolute atomic E-state index is 11.2. The van der Waals surface area contributed by atoms with Crippen LogP contribution in [0.4, 0.5) is 0 Å². The zero-order valence-corrected chi connectivity index (χ0v) is 13.0. The summed E-state index contributed by atoms with van der Waals surface area (Å²) in [6, 6.07) is 3.65. The van der Waals surface area contributed by atoms with Crippen LogP contribution in [0.5, 0.6) is 0 Å². The number of nitrogens with zero attached hydrogens (tertiary/aromatic N) is 2. The van der Waals surface area contributed by atoms with Crippen molar-refractivity contribution in [3.63, 3.8) is 0 Å². The standard InChI is InChI=1S/C15H20ClN3O2/c1-10(2)5-11(15(20)21)6-17-7-13-8-18-14-4-3-12(16)9-19(13)14/h3-4,8-11,17H,5-7H2,1-2H3,(H,20,21). The summed E-state index contributed by atoms with van der Waals surface area (Å²) < 4.78 is 1.91. The number of pyridine rings is 1. The number of imidazole rings is 1. The molecule has 1 atom stereocenters. The van der Waals surface area contributed by atoms with Gasteiger partial charge in [-0.15, -0.1) is 0 Å². The van der Waals surface area contributed by atoms with Crippen LogP contribution in [0.25, 0.3) is 5.65 Å². The van der Waals surface area contributed by atoms with Crippen molar-refractivity contribution in [2.75, 3.05) is 6.54 Å². The Balaban J connectivity index is 1.98. The molecule has 0 aliphatic heterocycles. The second-order valence-corrected chi connectivity index (χ2v) is 6.06. The van der Waals surface area contributed by atoms with E-state index in [-0.39, 0.29) is 5.92 Å². The predicted octanol–water partition coefficient (Wildman–Crippen LogP) is 2.82. The number of hydrogen-bond donors (Lipinski definition) is 2. The van der Waals surface area contributed by atoms with Crippen molar-refractivity contribution in [3.05, 3.63) is 35.2 Å². The minimum Gasteiger partial charge on any atom is -0.481 e. The van der Waals surface area contributed by atoms with Gasteiger partial charge < -0.3 is 14.8 Å². The zero-order valence-electron chi connectivity index (χ0n) is 12.2. The first kappa shape index (κ1) is 15.8. The lowest BCUT2D eigenvalue weighted by Gasteiger charge is -2.15. The van der Waals surface area contributed by atoms with Crippen molar-refractivity contribution in [2.45, 2.75) is 26.8 Å². The SMILES string of the molecule is CC(C)CC(CNCc1cnc2ccc(Cl)cn12)C(=O)O. The van der Waals surface area contributed by atoms with E-state index < -0.39 is 5.97 Å². The van der Waals surface area contributed by atoms with E-state index >= 15 is 0 Å². The first-order valence-corrected chi connectivity index (χ1v) is 7.40. The predicted molar refractivity (Wildman–Crippen MR) is 82.5 cm³/mol. The lowest BCUT2D eigenvalue weighted by atomic mass is 9.97. The summed E-state index contributed by atoms with van der Waals surface area (Å²) in [7, 11) is 0. The molecule has 21 heavy (non-hydrogen) atoms. The molecule has 2 N–H and O–H groups in total. The van der Waals surface area contributed by atoms with Crippen LogP contribution in [0, 0.1) is 11.8 Å². The molecule has 0 spiro atoms. The number of halogens is 1. The number of fused-ring (bicyclic) bond motifs is 1. The third-order valence-corrected chi connectivity index (χ3v) is 3.57. The first-order valence-electron chi connectivity index (χ1n) is 7.02. The number of carboxylic acids is 1. The Morgan fingerprint density at radius 1 is 1.48 bits per heavy atom. The van der Waals surface area contributed by atoms with Gasteiger partial charge in [0.1, 0.15) is 5.65 Å². The maximum Gasteiger partial charge on any atom is 0.307 e. The Kier molecular flexibility index (Phi) is 5.20. The Labute approximate surface area is 128 Å². The molecule has 0 amide bonds. The highest BCUT2D eigenvalue weighted by Gasteiger charge is 2.18. The molecule has 0 bridgehead atoms. The Morgan fingerprint density at radius 2 is 2.24 bits per heavy atom. The largest absolute Gasteiger partial charge is 0.481 e. The quantitative estimate of drug-likeness (QED) is 0.825. The van der Waals surface area contributed by atoms with Gasteiger partial charge in [-0.2, -0.15) is 0 Å². The van der Waals surface area contributed by atoms with Gasteiger partial charge in [-0.25, -0.2) is 4.98 Å². The van der Waals surface area contributed by atoms with Crippen molar-refractivity contribution < 1.29 is 9.90 Å². The van der Waals surface area contributed by atoms with Gasteiger partial charge in [-0.1, -0.05) is 25.4 Å². The minimum atomic E-state index is -0.752. The fraction of sp³-hybridized carbons (Fsp3) is 0.467. The van der Waals surface area contributed by atoms with Crippen LogP contribution >= 0.6 is 11.6 Å². The molecule has 114 valence electrons. The van der Waals surface area contributed by atoms with Gasteiger partial charge in [0.05, 0.1) is 22.8 Å². The van der Waals surface area contributed by atoms with Crippen molar-refractivity contribution >= 4 is 23.2 Å². The lowest BCUT2D eigenvalue weighted by Crippen LogP contribution is -2.29. The summed E-state index contributed by atoms with van der Waals surface area (Å²) in [4.78, 5) is 15.5.